The zero-order valence-electron chi connectivity index (χ0n) is 13.2. The van der Waals surface area contributed by atoms with Crippen LogP contribution in [-0.2, 0) is 0 Å². The third-order valence-corrected chi connectivity index (χ3v) is 3.66. The predicted molar refractivity (Wildman–Crippen MR) is 90.3 cm³/mol. The lowest BCUT2D eigenvalue weighted by Crippen LogP contribution is -2.23. The second-order valence-electron chi connectivity index (χ2n) is 6.63. The largest absolute Gasteiger partial charge is 0.382 e. The third kappa shape index (κ3) is 4.00. The monoisotopic (exact) mass is 269 g/mol. The van der Waals surface area contributed by atoms with Crippen LogP contribution in [0.4, 0.5) is 5.69 Å². The number of benzene rings is 2. The highest BCUT2D eigenvalue weighted by Crippen LogP contribution is 2.26. The molecule has 1 nitrogen and oxygen atoms in total. The van der Waals surface area contributed by atoms with Gasteiger partial charge in [0, 0.05) is 17.1 Å². The fourth-order valence-corrected chi connectivity index (χ4v) is 2.92. The lowest BCUT2D eigenvalue weighted by Gasteiger charge is -2.24. The van der Waals surface area contributed by atoms with E-state index in [9.17, 15) is 0 Å². The van der Waals surface area contributed by atoms with E-state index in [0.29, 0.717) is 6.04 Å². The van der Waals surface area contributed by atoms with Crippen LogP contribution in [0.15, 0.2) is 42.5 Å². The van der Waals surface area contributed by atoms with E-state index in [1.165, 1.54) is 29.3 Å². The topological polar surface area (TPSA) is 12.0 Å². The maximum atomic E-state index is 3.78. The fraction of sp³-hybridized carbons (Fsp3) is 0.474. The van der Waals surface area contributed by atoms with Gasteiger partial charge in [-0.3, -0.25) is 0 Å². The summed E-state index contributed by atoms with van der Waals surface area (Å²) < 4.78 is 0. The zero-order chi connectivity index (χ0) is 14.5. The van der Waals surface area contributed by atoms with E-state index in [4.69, 9.17) is 0 Å². The molecule has 0 amide bonds. The molecule has 0 aliphatic carbocycles. The van der Waals surface area contributed by atoms with Crippen molar-refractivity contribution >= 4 is 16.5 Å². The Labute approximate surface area is 123 Å². The van der Waals surface area contributed by atoms with Crippen molar-refractivity contribution in [1.82, 2.24) is 0 Å². The van der Waals surface area contributed by atoms with Crippen molar-refractivity contribution in [2.45, 2.75) is 46.6 Å². The maximum absolute atomic E-state index is 3.78. The van der Waals surface area contributed by atoms with Gasteiger partial charge in [0.15, 0.2) is 0 Å². The lowest BCUT2D eigenvalue weighted by molar-refractivity contribution is 0.442. The molecular formula is C19H27N. The van der Waals surface area contributed by atoms with Crippen molar-refractivity contribution in [1.29, 1.82) is 0 Å². The van der Waals surface area contributed by atoms with Gasteiger partial charge in [-0.05, 0) is 36.1 Å². The Kier molecular flexibility index (Phi) is 5.05. The minimum absolute atomic E-state index is 0.556. The van der Waals surface area contributed by atoms with Gasteiger partial charge < -0.3 is 5.32 Å². The highest BCUT2D eigenvalue weighted by atomic mass is 14.9. The van der Waals surface area contributed by atoms with Crippen LogP contribution >= 0.6 is 0 Å². The number of hydrogen-bond donors (Lipinski definition) is 1. The lowest BCUT2D eigenvalue weighted by atomic mass is 9.95. The van der Waals surface area contributed by atoms with Crippen LogP contribution in [0, 0.1) is 11.8 Å². The van der Waals surface area contributed by atoms with Gasteiger partial charge in [-0.1, -0.05) is 64.1 Å². The number of anilines is 1. The van der Waals surface area contributed by atoms with Crippen molar-refractivity contribution < 1.29 is 0 Å². The quantitative estimate of drug-likeness (QED) is 0.708. The summed E-state index contributed by atoms with van der Waals surface area (Å²) in [5.41, 5.74) is 1.27. The molecular weight excluding hydrogens is 242 g/mol. The van der Waals surface area contributed by atoms with E-state index in [1.54, 1.807) is 0 Å². The number of nitrogens with one attached hydrogen (secondary N) is 1. The Morgan fingerprint density at radius 1 is 0.800 bits per heavy atom. The maximum Gasteiger partial charge on any atom is 0.0422 e. The zero-order valence-corrected chi connectivity index (χ0v) is 13.2. The molecule has 0 radical (unpaired) electrons. The van der Waals surface area contributed by atoms with Gasteiger partial charge in [0.25, 0.3) is 0 Å². The molecule has 2 rings (SSSR count). The first-order valence-corrected chi connectivity index (χ1v) is 7.80. The molecule has 1 N–H and O–H groups in total. The Morgan fingerprint density at radius 2 is 1.40 bits per heavy atom. The van der Waals surface area contributed by atoms with E-state index in [1.807, 2.05) is 0 Å². The van der Waals surface area contributed by atoms with Gasteiger partial charge in [0.1, 0.15) is 0 Å². The third-order valence-electron chi connectivity index (χ3n) is 3.66. The Bertz CT molecular complexity index is 527. The van der Waals surface area contributed by atoms with Crippen LogP contribution < -0.4 is 5.32 Å². The Balaban J connectivity index is 2.23. The molecule has 0 aliphatic rings. The van der Waals surface area contributed by atoms with Crippen molar-refractivity contribution in [2.75, 3.05) is 5.32 Å². The minimum atomic E-state index is 0.556. The van der Waals surface area contributed by atoms with Crippen LogP contribution in [0.3, 0.4) is 0 Å². The molecule has 108 valence electrons. The number of hydrogen-bond acceptors (Lipinski definition) is 1. The number of rotatable bonds is 6. The van der Waals surface area contributed by atoms with Crippen LogP contribution in [0.1, 0.15) is 40.5 Å². The molecule has 0 heterocycles. The molecule has 2 aromatic carbocycles. The van der Waals surface area contributed by atoms with Crippen LogP contribution in [0.5, 0.6) is 0 Å². The summed E-state index contributed by atoms with van der Waals surface area (Å²) in [5, 5.41) is 6.42. The van der Waals surface area contributed by atoms with Crippen molar-refractivity contribution in [3.05, 3.63) is 42.5 Å². The van der Waals surface area contributed by atoms with E-state index in [2.05, 4.69) is 75.5 Å². The second-order valence-corrected chi connectivity index (χ2v) is 6.63. The molecule has 0 saturated carbocycles. The van der Waals surface area contributed by atoms with Crippen LogP contribution in [0.2, 0.25) is 0 Å². The van der Waals surface area contributed by atoms with E-state index >= 15 is 0 Å². The molecule has 1 heteroatoms. The molecule has 0 aliphatic heterocycles. The Morgan fingerprint density at radius 3 is 2.05 bits per heavy atom. The van der Waals surface area contributed by atoms with Crippen LogP contribution in [-0.4, -0.2) is 6.04 Å². The molecule has 20 heavy (non-hydrogen) atoms. The summed E-state index contributed by atoms with van der Waals surface area (Å²) in [6.07, 6.45) is 2.45. The van der Waals surface area contributed by atoms with Gasteiger partial charge >= 0.3 is 0 Å². The summed E-state index contributed by atoms with van der Waals surface area (Å²) in [7, 11) is 0. The number of fused-ring (bicyclic) bond motifs is 1. The molecule has 0 unspecified atom stereocenters. The fourth-order valence-electron chi connectivity index (χ4n) is 2.92. The van der Waals surface area contributed by atoms with E-state index in [-0.39, 0.29) is 0 Å². The first-order chi connectivity index (χ1) is 9.56. The predicted octanol–water partition coefficient (Wildman–Crippen LogP) is 5.71. The molecule has 0 atom stereocenters. The normalized spacial score (nSPS) is 11.8. The summed E-state index contributed by atoms with van der Waals surface area (Å²) in [4.78, 5) is 0. The minimum Gasteiger partial charge on any atom is -0.382 e. The molecule has 0 aromatic heterocycles. The first-order valence-electron chi connectivity index (χ1n) is 7.80. The molecule has 0 fully saturated rings. The SMILES string of the molecule is CC(C)CC(CC(C)C)Nc1cccc2ccccc12. The smallest absolute Gasteiger partial charge is 0.0422 e. The van der Waals surface area contributed by atoms with Gasteiger partial charge in [-0.25, -0.2) is 0 Å². The second kappa shape index (κ2) is 6.78. The molecule has 2 aromatic rings. The highest BCUT2D eigenvalue weighted by Gasteiger charge is 2.13. The van der Waals surface area contributed by atoms with Gasteiger partial charge in [-0.15, -0.1) is 0 Å². The molecule has 0 saturated heterocycles. The van der Waals surface area contributed by atoms with Gasteiger partial charge in [0.05, 0.1) is 0 Å². The summed E-state index contributed by atoms with van der Waals surface area (Å²) in [5.74, 6) is 1.45. The molecule has 0 bridgehead atoms. The summed E-state index contributed by atoms with van der Waals surface area (Å²) in [6.45, 7) is 9.21. The average Bonchev–Trinajstić information content (AvgIpc) is 2.37. The van der Waals surface area contributed by atoms with Gasteiger partial charge in [-0.2, -0.15) is 0 Å². The van der Waals surface area contributed by atoms with Crippen LogP contribution in [0.25, 0.3) is 10.8 Å². The van der Waals surface area contributed by atoms with E-state index in [0.717, 1.165) is 11.8 Å². The molecule has 0 spiro atoms. The van der Waals surface area contributed by atoms with Crippen molar-refractivity contribution in [3.8, 4) is 0 Å². The van der Waals surface area contributed by atoms with Crippen molar-refractivity contribution in [3.63, 3.8) is 0 Å². The Hall–Kier alpha value is -1.50. The van der Waals surface area contributed by atoms with Crippen molar-refractivity contribution in [2.24, 2.45) is 11.8 Å². The average molecular weight is 269 g/mol. The standard InChI is InChI=1S/C19H27N/c1-14(2)12-17(13-15(3)4)20-19-11-7-9-16-8-5-6-10-18(16)19/h5-11,14-15,17,20H,12-13H2,1-4H3. The summed E-state index contributed by atoms with van der Waals surface area (Å²) >= 11 is 0. The van der Waals surface area contributed by atoms with E-state index < -0.39 is 0 Å². The first kappa shape index (κ1) is 14.9. The highest BCUT2D eigenvalue weighted by molar-refractivity contribution is 5.93. The van der Waals surface area contributed by atoms with Gasteiger partial charge in [0.2, 0.25) is 0 Å². The summed E-state index contributed by atoms with van der Waals surface area (Å²) in [6, 6.07) is 15.7.